The minimum Gasteiger partial charge on any atom is -0.489 e. The van der Waals surface area contributed by atoms with Crippen molar-refractivity contribution in [1.29, 1.82) is 5.26 Å². The van der Waals surface area contributed by atoms with Gasteiger partial charge >= 0.3 is 0 Å². The van der Waals surface area contributed by atoms with Gasteiger partial charge in [-0.2, -0.15) is 5.26 Å². The molecule has 2 heterocycles. The highest BCUT2D eigenvalue weighted by atomic mass is 32.2. The van der Waals surface area contributed by atoms with E-state index in [9.17, 15) is 23.3 Å². The Morgan fingerprint density at radius 2 is 1.85 bits per heavy atom. The molecule has 2 amide bonds. The van der Waals surface area contributed by atoms with E-state index in [4.69, 9.17) is 4.74 Å². The number of carbonyl (C=O) groups excluding carboxylic acids is 2. The summed E-state index contributed by atoms with van der Waals surface area (Å²) in [7, 11) is -3.32. The standard InChI is InChI=1S/C26H24N2O5S/c1-17-6-8-19(9-7-17)15-33-22-5-3-4-20(12-22)13-23-18(2)24(14-27)26(30)28(25(23)29)21-10-11-34(31,32)16-21/h3-9,12-13,21H,10-11,15-16H2,1-2H3. The first-order chi connectivity index (χ1) is 16.2. The van der Waals surface area contributed by atoms with E-state index in [0.29, 0.717) is 17.9 Å². The van der Waals surface area contributed by atoms with Crippen LogP contribution in [0.15, 0.2) is 65.3 Å². The highest BCUT2D eigenvalue weighted by molar-refractivity contribution is 7.91. The number of aryl methyl sites for hydroxylation is 1. The summed E-state index contributed by atoms with van der Waals surface area (Å²) in [4.78, 5) is 27.1. The highest BCUT2D eigenvalue weighted by Gasteiger charge is 2.43. The Labute approximate surface area is 198 Å². The molecule has 7 nitrogen and oxygen atoms in total. The van der Waals surface area contributed by atoms with Gasteiger partial charge in [0.2, 0.25) is 0 Å². The van der Waals surface area contributed by atoms with E-state index in [1.807, 2.05) is 43.3 Å². The molecule has 0 radical (unpaired) electrons. The second-order valence-electron chi connectivity index (χ2n) is 8.55. The van der Waals surface area contributed by atoms with Crippen LogP contribution in [-0.4, -0.2) is 42.7 Å². The maximum absolute atomic E-state index is 13.3. The summed E-state index contributed by atoms with van der Waals surface area (Å²) < 4.78 is 29.8. The Bertz CT molecular complexity index is 1360. The fraction of sp³-hybridized carbons (Fsp3) is 0.269. The molecule has 0 aromatic heterocycles. The summed E-state index contributed by atoms with van der Waals surface area (Å²) >= 11 is 0. The highest BCUT2D eigenvalue weighted by Crippen LogP contribution is 2.31. The van der Waals surface area contributed by atoms with E-state index in [1.165, 1.54) is 0 Å². The zero-order chi connectivity index (χ0) is 24.5. The molecule has 0 bridgehead atoms. The van der Waals surface area contributed by atoms with Crippen molar-refractivity contribution in [3.8, 4) is 11.8 Å². The SMILES string of the molecule is CC1=C(C#N)C(=O)N(C2CCS(=O)(=O)C2)C(=O)C1=Cc1cccc(OCc2ccc(C)cc2)c1. The van der Waals surface area contributed by atoms with Crippen LogP contribution in [-0.2, 0) is 26.0 Å². The van der Waals surface area contributed by atoms with Crippen molar-refractivity contribution in [2.45, 2.75) is 32.9 Å². The molecule has 0 saturated carbocycles. The molecule has 2 aromatic rings. The summed E-state index contributed by atoms with van der Waals surface area (Å²) in [5, 5.41) is 9.57. The molecule has 0 spiro atoms. The fourth-order valence-electron chi connectivity index (χ4n) is 4.12. The largest absolute Gasteiger partial charge is 0.489 e. The number of imide groups is 1. The topological polar surface area (TPSA) is 105 Å². The van der Waals surface area contributed by atoms with Gasteiger partial charge in [0.15, 0.2) is 9.84 Å². The number of hydrogen-bond donors (Lipinski definition) is 0. The second-order valence-corrected chi connectivity index (χ2v) is 10.8. The minimum atomic E-state index is -3.32. The molecule has 0 N–H and O–H groups in total. The summed E-state index contributed by atoms with van der Waals surface area (Å²) in [6.45, 7) is 3.96. The molecule has 1 atom stereocenters. The van der Waals surface area contributed by atoms with Crippen molar-refractivity contribution >= 4 is 27.7 Å². The molecular weight excluding hydrogens is 452 g/mol. The quantitative estimate of drug-likeness (QED) is 0.484. The first kappa shape index (κ1) is 23.5. The molecule has 4 rings (SSSR count). The lowest BCUT2D eigenvalue weighted by Crippen LogP contribution is -2.49. The lowest BCUT2D eigenvalue weighted by atomic mass is 9.92. The zero-order valence-electron chi connectivity index (χ0n) is 18.9. The van der Waals surface area contributed by atoms with E-state index in [-0.39, 0.29) is 34.6 Å². The average Bonchev–Trinajstić information content (AvgIpc) is 3.16. The molecule has 2 aliphatic rings. The van der Waals surface area contributed by atoms with E-state index in [1.54, 1.807) is 31.2 Å². The summed E-state index contributed by atoms with van der Waals surface area (Å²) in [5.74, 6) is -1.08. The zero-order valence-corrected chi connectivity index (χ0v) is 19.8. The lowest BCUT2D eigenvalue weighted by Gasteiger charge is -2.31. The van der Waals surface area contributed by atoms with Gasteiger partial charge in [0.05, 0.1) is 17.5 Å². The van der Waals surface area contributed by atoms with Gasteiger partial charge in [0.1, 0.15) is 24.0 Å². The molecule has 1 saturated heterocycles. The molecule has 8 heteroatoms. The number of sulfone groups is 1. The van der Waals surface area contributed by atoms with Gasteiger partial charge in [0.25, 0.3) is 11.8 Å². The molecule has 0 aliphatic carbocycles. The van der Waals surface area contributed by atoms with E-state index in [0.717, 1.165) is 16.0 Å². The Kier molecular flexibility index (Phi) is 6.40. The van der Waals surface area contributed by atoms with Crippen molar-refractivity contribution in [2.75, 3.05) is 11.5 Å². The van der Waals surface area contributed by atoms with E-state index >= 15 is 0 Å². The van der Waals surface area contributed by atoms with Crippen molar-refractivity contribution in [1.82, 2.24) is 4.90 Å². The van der Waals surface area contributed by atoms with Crippen LogP contribution in [0.4, 0.5) is 0 Å². The number of nitrogens with zero attached hydrogens (tertiary/aromatic N) is 2. The number of hydrogen-bond acceptors (Lipinski definition) is 6. The second kappa shape index (κ2) is 9.27. The maximum atomic E-state index is 13.3. The van der Waals surface area contributed by atoms with Crippen LogP contribution in [0.25, 0.3) is 6.08 Å². The number of ether oxygens (including phenoxy) is 1. The van der Waals surface area contributed by atoms with Gasteiger partial charge in [-0.3, -0.25) is 14.5 Å². The van der Waals surface area contributed by atoms with Crippen molar-refractivity contribution in [3.63, 3.8) is 0 Å². The minimum absolute atomic E-state index is 0.0846. The van der Waals surface area contributed by atoms with Crippen LogP contribution >= 0.6 is 0 Å². The number of nitriles is 1. The number of rotatable bonds is 5. The molecule has 2 aromatic carbocycles. The molecule has 34 heavy (non-hydrogen) atoms. The maximum Gasteiger partial charge on any atom is 0.271 e. The Hall–Kier alpha value is -3.70. The lowest BCUT2D eigenvalue weighted by molar-refractivity contribution is -0.142. The van der Waals surface area contributed by atoms with Crippen molar-refractivity contribution < 1.29 is 22.7 Å². The summed E-state index contributed by atoms with van der Waals surface area (Å²) in [6, 6.07) is 16.3. The summed E-state index contributed by atoms with van der Waals surface area (Å²) in [5.41, 5.74) is 3.17. The molecule has 2 aliphatic heterocycles. The molecular formula is C26H24N2O5S. The molecule has 174 valence electrons. The van der Waals surface area contributed by atoms with E-state index in [2.05, 4.69) is 0 Å². The van der Waals surface area contributed by atoms with Gasteiger partial charge in [-0.15, -0.1) is 0 Å². The number of carbonyl (C=O) groups is 2. The third-order valence-corrected chi connectivity index (χ3v) is 7.79. The summed E-state index contributed by atoms with van der Waals surface area (Å²) in [6.07, 6.45) is 1.78. The van der Waals surface area contributed by atoms with Crippen LogP contribution in [0.3, 0.4) is 0 Å². The predicted molar refractivity (Wildman–Crippen MR) is 127 cm³/mol. The van der Waals surface area contributed by atoms with Crippen LogP contribution in [0.5, 0.6) is 5.75 Å². The van der Waals surface area contributed by atoms with Crippen LogP contribution < -0.4 is 4.74 Å². The van der Waals surface area contributed by atoms with Crippen LogP contribution in [0.1, 0.15) is 30.0 Å². The van der Waals surface area contributed by atoms with Gasteiger partial charge in [-0.25, -0.2) is 8.42 Å². The van der Waals surface area contributed by atoms with Crippen molar-refractivity contribution in [3.05, 3.63) is 81.9 Å². The predicted octanol–water partition coefficient (Wildman–Crippen LogP) is 3.35. The Balaban J connectivity index is 1.63. The first-order valence-electron chi connectivity index (χ1n) is 10.9. The van der Waals surface area contributed by atoms with Gasteiger partial charge in [0, 0.05) is 5.57 Å². The van der Waals surface area contributed by atoms with Gasteiger partial charge in [-0.05, 0) is 55.2 Å². The first-order valence-corrected chi connectivity index (χ1v) is 12.7. The van der Waals surface area contributed by atoms with Gasteiger partial charge < -0.3 is 4.74 Å². The Morgan fingerprint density at radius 3 is 2.50 bits per heavy atom. The number of benzene rings is 2. The average molecular weight is 477 g/mol. The van der Waals surface area contributed by atoms with Gasteiger partial charge in [-0.1, -0.05) is 42.0 Å². The Morgan fingerprint density at radius 1 is 1.12 bits per heavy atom. The van der Waals surface area contributed by atoms with Crippen molar-refractivity contribution in [2.24, 2.45) is 0 Å². The molecule has 1 fully saturated rings. The van der Waals surface area contributed by atoms with E-state index < -0.39 is 27.7 Å². The van der Waals surface area contributed by atoms with Crippen LogP contribution in [0.2, 0.25) is 0 Å². The third kappa shape index (κ3) is 4.80. The normalized spacial score (nSPS) is 21.1. The smallest absolute Gasteiger partial charge is 0.271 e. The molecule has 1 unspecified atom stereocenters. The fourth-order valence-corrected chi connectivity index (χ4v) is 5.82. The monoisotopic (exact) mass is 476 g/mol. The number of amides is 2. The third-order valence-electron chi connectivity index (χ3n) is 6.04. The van der Waals surface area contributed by atoms with Crippen LogP contribution in [0, 0.1) is 18.3 Å².